The minimum Gasteiger partial charge on any atom is -0.550 e. The van der Waals surface area contributed by atoms with E-state index in [0.29, 0.717) is 0 Å². The highest BCUT2D eigenvalue weighted by Crippen LogP contribution is 2.23. The lowest BCUT2D eigenvalue weighted by molar-refractivity contribution is -0.389. The van der Waals surface area contributed by atoms with Crippen molar-refractivity contribution in [1.82, 2.24) is 9.55 Å². The van der Waals surface area contributed by atoms with E-state index < -0.39 is 16.9 Å². The minimum absolute atomic E-state index is 0.280. The number of rotatable bonds is 5. The van der Waals surface area contributed by atoms with Gasteiger partial charge in [0.1, 0.15) is 6.20 Å². The lowest BCUT2D eigenvalue weighted by Crippen LogP contribution is -2.26. The van der Waals surface area contributed by atoms with Crippen LogP contribution in [0.3, 0.4) is 0 Å². The summed E-state index contributed by atoms with van der Waals surface area (Å²) in [6.07, 6.45) is 2.18. The van der Waals surface area contributed by atoms with E-state index in [1.54, 1.807) is 30.3 Å². The molecule has 0 saturated heterocycles. The summed E-state index contributed by atoms with van der Waals surface area (Å²) >= 11 is 0. The Labute approximate surface area is 108 Å². The topological polar surface area (TPSA) is 101 Å². The molecule has 1 aromatic heterocycles. The third-order valence-electron chi connectivity index (χ3n) is 2.68. The first-order valence-electron chi connectivity index (χ1n) is 5.50. The van der Waals surface area contributed by atoms with Gasteiger partial charge < -0.3 is 24.6 Å². The molecule has 0 aliphatic heterocycles. The first-order valence-corrected chi connectivity index (χ1v) is 5.50. The van der Waals surface area contributed by atoms with E-state index in [2.05, 4.69) is 4.98 Å². The lowest BCUT2D eigenvalue weighted by Gasteiger charge is -2.18. The van der Waals surface area contributed by atoms with Crippen molar-refractivity contribution in [2.75, 3.05) is 0 Å². The number of carboxylic acids is 1. The summed E-state index contributed by atoms with van der Waals surface area (Å²) in [6.45, 7) is 0. The molecular formula is C12H10N3O4-. The molecule has 0 N–H and O–H groups in total. The third-order valence-corrected chi connectivity index (χ3v) is 2.68. The SMILES string of the molecule is O=C([O-])CC(c1ccccc1)n1cnc([N+](=O)[O-])c1. The van der Waals surface area contributed by atoms with Crippen LogP contribution in [0.1, 0.15) is 18.0 Å². The molecule has 0 bridgehead atoms. The van der Waals surface area contributed by atoms with Gasteiger partial charge in [0.05, 0.1) is 6.04 Å². The molecular weight excluding hydrogens is 250 g/mol. The monoisotopic (exact) mass is 260 g/mol. The summed E-state index contributed by atoms with van der Waals surface area (Å²) in [5.74, 6) is -1.55. The number of carboxylic acid groups (broad SMARTS) is 1. The molecule has 2 rings (SSSR count). The van der Waals surface area contributed by atoms with Gasteiger partial charge in [-0.1, -0.05) is 30.3 Å². The zero-order valence-electron chi connectivity index (χ0n) is 9.80. The number of imidazole rings is 1. The van der Waals surface area contributed by atoms with Gasteiger partial charge in [-0.05, 0) is 15.5 Å². The smallest absolute Gasteiger partial charge is 0.381 e. The second kappa shape index (κ2) is 5.30. The second-order valence-electron chi connectivity index (χ2n) is 3.94. The Morgan fingerprint density at radius 3 is 2.58 bits per heavy atom. The number of nitrogens with zero attached hydrogens (tertiary/aromatic N) is 3. The summed E-state index contributed by atoms with van der Waals surface area (Å²) in [5.41, 5.74) is 0.721. The molecule has 0 amide bonds. The van der Waals surface area contributed by atoms with Crippen LogP contribution in [0.2, 0.25) is 0 Å². The van der Waals surface area contributed by atoms with Crippen LogP contribution in [0.4, 0.5) is 5.82 Å². The molecule has 7 heteroatoms. The molecule has 98 valence electrons. The van der Waals surface area contributed by atoms with Gasteiger partial charge in [0.2, 0.25) is 6.33 Å². The van der Waals surface area contributed by atoms with E-state index in [4.69, 9.17) is 0 Å². The summed E-state index contributed by atoms with van der Waals surface area (Å²) in [7, 11) is 0. The number of aliphatic carboxylic acids is 1. The highest BCUT2D eigenvalue weighted by molar-refractivity contribution is 5.65. The van der Waals surface area contributed by atoms with Crippen LogP contribution in [0.5, 0.6) is 0 Å². The van der Waals surface area contributed by atoms with Crippen molar-refractivity contribution >= 4 is 11.8 Å². The van der Waals surface area contributed by atoms with Crippen LogP contribution >= 0.6 is 0 Å². The summed E-state index contributed by atoms with van der Waals surface area (Å²) in [6, 6.07) is 8.26. The zero-order valence-corrected chi connectivity index (χ0v) is 9.80. The second-order valence-corrected chi connectivity index (χ2v) is 3.94. The van der Waals surface area contributed by atoms with Gasteiger partial charge in [0.25, 0.3) is 0 Å². The van der Waals surface area contributed by atoms with Gasteiger partial charge >= 0.3 is 5.82 Å². The first kappa shape index (κ1) is 12.7. The number of carbonyl (C=O) groups is 1. The standard InChI is InChI=1S/C12H11N3O4/c16-12(17)6-10(9-4-2-1-3-5-9)14-7-11(13-8-14)15(18)19/h1-5,7-8,10H,6H2,(H,16,17)/p-1. The number of hydrogen-bond donors (Lipinski definition) is 0. The molecule has 1 atom stereocenters. The maximum Gasteiger partial charge on any atom is 0.381 e. The lowest BCUT2D eigenvalue weighted by atomic mass is 10.0. The van der Waals surface area contributed by atoms with Crippen molar-refractivity contribution in [3.05, 3.63) is 58.5 Å². The molecule has 0 aliphatic carbocycles. The number of benzene rings is 1. The molecule has 19 heavy (non-hydrogen) atoms. The van der Waals surface area contributed by atoms with E-state index in [-0.39, 0.29) is 12.2 Å². The van der Waals surface area contributed by atoms with Crippen molar-refractivity contribution < 1.29 is 14.8 Å². The zero-order chi connectivity index (χ0) is 13.8. The largest absolute Gasteiger partial charge is 0.550 e. The molecule has 0 fully saturated rings. The van der Waals surface area contributed by atoms with Gasteiger partial charge in [-0.25, -0.2) is 0 Å². The van der Waals surface area contributed by atoms with Gasteiger partial charge in [-0.2, -0.15) is 0 Å². The van der Waals surface area contributed by atoms with E-state index in [9.17, 15) is 20.0 Å². The Morgan fingerprint density at radius 1 is 1.37 bits per heavy atom. The minimum atomic E-state index is -1.23. The van der Waals surface area contributed by atoms with Crippen LogP contribution in [-0.2, 0) is 4.79 Å². The highest BCUT2D eigenvalue weighted by atomic mass is 16.6. The summed E-state index contributed by atoms with van der Waals surface area (Å²) in [5, 5.41) is 21.4. The van der Waals surface area contributed by atoms with Crippen molar-refractivity contribution in [3.63, 3.8) is 0 Å². The normalized spacial score (nSPS) is 12.0. The fraction of sp³-hybridized carbons (Fsp3) is 0.167. The predicted molar refractivity (Wildman–Crippen MR) is 63.1 cm³/mol. The Hall–Kier alpha value is -2.70. The van der Waals surface area contributed by atoms with Crippen molar-refractivity contribution in [2.45, 2.75) is 12.5 Å². The average molecular weight is 260 g/mol. The van der Waals surface area contributed by atoms with Crippen molar-refractivity contribution in [1.29, 1.82) is 0 Å². The molecule has 0 radical (unpaired) electrons. The number of nitro groups is 1. The molecule has 7 nitrogen and oxygen atoms in total. The molecule has 1 unspecified atom stereocenters. The van der Waals surface area contributed by atoms with E-state index in [1.807, 2.05) is 0 Å². The molecule has 0 spiro atoms. The highest BCUT2D eigenvalue weighted by Gasteiger charge is 2.18. The molecule has 0 saturated carbocycles. The Kier molecular flexibility index (Phi) is 3.56. The molecule has 1 aromatic carbocycles. The van der Waals surface area contributed by atoms with Crippen molar-refractivity contribution in [2.24, 2.45) is 0 Å². The maximum absolute atomic E-state index is 10.8. The molecule has 1 heterocycles. The number of hydrogen-bond acceptors (Lipinski definition) is 5. The van der Waals surface area contributed by atoms with Crippen LogP contribution in [-0.4, -0.2) is 20.4 Å². The van der Waals surface area contributed by atoms with E-state index in [1.165, 1.54) is 17.1 Å². The average Bonchev–Trinajstić information content (AvgIpc) is 2.86. The van der Waals surface area contributed by atoms with Gasteiger partial charge in [-0.15, -0.1) is 0 Å². The Morgan fingerprint density at radius 2 is 2.05 bits per heavy atom. The van der Waals surface area contributed by atoms with Gasteiger partial charge in [-0.3, -0.25) is 0 Å². The Bertz CT molecular complexity index is 594. The third kappa shape index (κ3) is 2.95. The summed E-state index contributed by atoms with van der Waals surface area (Å²) in [4.78, 5) is 24.4. The fourth-order valence-electron chi connectivity index (χ4n) is 1.82. The van der Waals surface area contributed by atoms with Crippen LogP contribution < -0.4 is 5.11 Å². The van der Waals surface area contributed by atoms with Crippen LogP contribution in [0.25, 0.3) is 0 Å². The quantitative estimate of drug-likeness (QED) is 0.576. The van der Waals surface area contributed by atoms with E-state index >= 15 is 0 Å². The van der Waals surface area contributed by atoms with Crippen LogP contribution in [0.15, 0.2) is 42.9 Å². The summed E-state index contributed by atoms with van der Waals surface area (Å²) < 4.78 is 1.41. The predicted octanol–water partition coefficient (Wildman–Crippen LogP) is 0.521. The van der Waals surface area contributed by atoms with Crippen molar-refractivity contribution in [3.8, 4) is 0 Å². The first-order chi connectivity index (χ1) is 9.08. The molecule has 2 aromatic rings. The maximum atomic E-state index is 10.8. The van der Waals surface area contributed by atoms with E-state index in [0.717, 1.165) is 5.56 Å². The number of carbonyl (C=O) groups excluding carboxylic acids is 1. The van der Waals surface area contributed by atoms with Gasteiger partial charge in [0.15, 0.2) is 0 Å². The van der Waals surface area contributed by atoms with Crippen LogP contribution in [0, 0.1) is 10.1 Å². The number of aromatic nitrogens is 2. The molecule has 0 aliphatic rings. The Balaban J connectivity index is 2.37. The van der Waals surface area contributed by atoms with Gasteiger partial charge in [0, 0.05) is 12.4 Å². The fourth-order valence-corrected chi connectivity index (χ4v) is 1.82.